The molecule has 0 saturated carbocycles. The Morgan fingerprint density at radius 2 is 1.79 bits per heavy atom. The molecular weight excluding hydrogens is 346 g/mol. The average Bonchev–Trinajstić information content (AvgIpc) is 3.07. The van der Waals surface area contributed by atoms with E-state index >= 15 is 0 Å². The molecule has 28 heavy (non-hydrogen) atoms. The molecule has 0 bridgehead atoms. The first-order valence-electron chi connectivity index (χ1n) is 9.78. The number of carbonyl (C=O) groups is 1. The molecule has 1 N–H and O–H groups in total. The van der Waals surface area contributed by atoms with Crippen LogP contribution < -0.4 is 5.32 Å². The van der Waals surface area contributed by atoms with Gasteiger partial charge in [-0.05, 0) is 48.9 Å². The highest BCUT2D eigenvalue weighted by molar-refractivity contribution is 5.94. The summed E-state index contributed by atoms with van der Waals surface area (Å²) < 4.78 is 2.09. The molecule has 0 unspecified atom stereocenters. The second kappa shape index (κ2) is 8.42. The smallest absolute Gasteiger partial charge is 0.251 e. The molecule has 4 nitrogen and oxygen atoms in total. The summed E-state index contributed by atoms with van der Waals surface area (Å²) in [4.78, 5) is 16.9. The Kier molecular flexibility index (Phi) is 5.98. The topological polar surface area (TPSA) is 46.9 Å². The van der Waals surface area contributed by atoms with Gasteiger partial charge in [0, 0.05) is 30.5 Å². The van der Waals surface area contributed by atoms with Gasteiger partial charge in [0.05, 0.1) is 0 Å². The van der Waals surface area contributed by atoms with Gasteiger partial charge in [-0.1, -0.05) is 56.3 Å². The Balaban J connectivity index is 1.59. The molecule has 1 heterocycles. The predicted molar refractivity (Wildman–Crippen MR) is 114 cm³/mol. The highest BCUT2D eigenvalue weighted by Gasteiger charge is 2.24. The van der Waals surface area contributed by atoms with Crippen LogP contribution in [-0.2, 0) is 12.0 Å². The van der Waals surface area contributed by atoms with E-state index in [0.717, 1.165) is 24.4 Å². The molecule has 4 heteroatoms. The van der Waals surface area contributed by atoms with Gasteiger partial charge in [0.25, 0.3) is 5.91 Å². The number of benzene rings is 2. The lowest BCUT2D eigenvalue weighted by atomic mass is 9.79. The maximum Gasteiger partial charge on any atom is 0.251 e. The van der Waals surface area contributed by atoms with Crippen molar-refractivity contribution in [2.75, 3.05) is 0 Å². The Hall–Kier alpha value is -2.88. The van der Waals surface area contributed by atoms with Gasteiger partial charge in [-0.25, -0.2) is 4.98 Å². The second-order valence-corrected chi connectivity index (χ2v) is 8.13. The van der Waals surface area contributed by atoms with E-state index in [4.69, 9.17) is 0 Å². The van der Waals surface area contributed by atoms with Crippen molar-refractivity contribution in [1.82, 2.24) is 14.9 Å². The van der Waals surface area contributed by atoms with Crippen molar-refractivity contribution in [3.8, 4) is 0 Å². The van der Waals surface area contributed by atoms with E-state index in [1.54, 1.807) is 6.20 Å². The quantitative estimate of drug-likeness (QED) is 0.649. The molecule has 3 rings (SSSR count). The fourth-order valence-electron chi connectivity index (χ4n) is 3.66. The maximum absolute atomic E-state index is 12.6. The predicted octanol–water partition coefficient (Wildman–Crippen LogP) is 4.73. The number of amides is 1. The number of aryl methyl sites for hydroxylation is 1. The normalized spacial score (nSPS) is 12.6. The molecule has 0 aliphatic carbocycles. The van der Waals surface area contributed by atoms with Crippen LogP contribution >= 0.6 is 0 Å². The Bertz CT molecular complexity index is 911. The first-order chi connectivity index (χ1) is 13.3. The van der Waals surface area contributed by atoms with Crippen LogP contribution in [0.4, 0.5) is 0 Å². The van der Waals surface area contributed by atoms with Gasteiger partial charge in [-0.2, -0.15) is 0 Å². The molecule has 3 aromatic rings. The summed E-state index contributed by atoms with van der Waals surface area (Å²) >= 11 is 0. The zero-order chi connectivity index (χ0) is 20.1. The van der Waals surface area contributed by atoms with Gasteiger partial charge in [-0.15, -0.1) is 0 Å². The third kappa shape index (κ3) is 4.89. The SMILES string of the molecule is Cc1nccn1Cc1ccc(C(=O)N[C@H](C)CC(C)(C)c2ccccc2)cc1. The van der Waals surface area contributed by atoms with E-state index in [2.05, 4.69) is 59.9 Å². The number of nitrogens with one attached hydrogen (secondary N) is 1. The first kappa shape index (κ1) is 19.9. The zero-order valence-corrected chi connectivity index (χ0v) is 17.1. The van der Waals surface area contributed by atoms with E-state index in [1.807, 2.05) is 43.5 Å². The van der Waals surface area contributed by atoms with Gasteiger partial charge in [0.15, 0.2) is 0 Å². The van der Waals surface area contributed by atoms with E-state index in [9.17, 15) is 4.79 Å². The molecule has 0 spiro atoms. The van der Waals surface area contributed by atoms with E-state index in [-0.39, 0.29) is 17.4 Å². The van der Waals surface area contributed by atoms with Crippen LogP contribution in [0.15, 0.2) is 67.0 Å². The van der Waals surface area contributed by atoms with Crippen LogP contribution in [0, 0.1) is 6.92 Å². The number of carbonyl (C=O) groups excluding carboxylic acids is 1. The number of imidazole rings is 1. The van der Waals surface area contributed by atoms with Crippen molar-refractivity contribution in [1.29, 1.82) is 0 Å². The van der Waals surface area contributed by atoms with Crippen molar-refractivity contribution < 1.29 is 4.79 Å². The largest absolute Gasteiger partial charge is 0.350 e. The summed E-state index contributed by atoms with van der Waals surface area (Å²) in [5.74, 6) is 0.957. The molecule has 1 aromatic heterocycles. The third-order valence-corrected chi connectivity index (χ3v) is 5.24. The molecular formula is C24H29N3O. The van der Waals surface area contributed by atoms with E-state index in [1.165, 1.54) is 5.56 Å². The second-order valence-electron chi connectivity index (χ2n) is 8.13. The van der Waals surface area contributed by atoms with E-state index in [0.29, 0.717) is 5.56 Å². The van der Waals surface area contributed by atoms with Gasteiger partial charge in [-0.3, -0.25) is 4.79 Å². The van der Waals surface area contributed by atoms with Crippen molar-refractivity contribution in [3.05, 3.63) is 89.5 Å². The van der Waals surface area contributed by atoms with Gasteiger partial charge in [0.2, 0.25) is 0 Å². The molecule has 0 aliphatic heterocycles. The Labute approximate surface area is 167 Å². The van der Waals surface area contributed by atoms with Crippen molar-refractivity contribution in [2.24, 2.45) is 0 Å². The Morgan fingerprint density at radius 1 is 1.11 bits per heavy atom. The molecule has 1 amide bonds. The summed E-state index contributed by atoms with van der Waals surface area (Å²) in [5.41, 5.74) is 3.13. The number of hydrogen-bond acceptors (Lipinski definition) is 2. The molecule has 0 radical (unpaired) electrons. The molecule has 146 valence electrons. The van der Waals surface area contributed by atoms with Gasteiger partial charge >= 0.3 is 0 Å². The standard InChI is InChI=1S/C24H29N3O/c1-18(16-24(3,4)22-8-6-5-7-9-22)26-23(28)21-12-10-20(11-13-21)17-27-15-14-25-19(27)2/h5-15,18H,16-17H2,1-4H3,(H,26,28)/t18-/m1/s1. The number of hydrogen-bond donors (Lipinski definition) is 1. The molecule has 0 aliphatic rings. The number of aromatic nitrogens is 2. The lowest BCUT2D eigenvalue weighted by molar-refractivity contribution is 0.0934. The lowest BCUT2D eigenvalue weighted by Gasteiger charge is -2.29. The van der Waals surface area contributed by atoms with E-state index < -0.39 is 0 Å². The number of nitrogens with zero attached hydrogens (tertiary/aromatic N) is 2. The zero-order valence-electron chi connectivity index (χ0n) is 17.1. The maximum atomic E-state index is 12.6. The molecule has 1 atom stereocenters. The molecule has 0 fully saturated rings. The highest BCUT2D eigenvalue weighted by Crippen LogP contribution is 2.28. The minimum absolute atomic E-state index is 0.000470. The average molecular weight is 376 g/mol. The van der Waals surface area contributed by atoms with Crippen molar-refractivity contribution in [2.45, 2.75) is 52.1 Å². The van der Waals surface area contributed by atoms with Crippen LogP contribution in [0.1, 0.15) is 54.5 Å². The number of rotatable bonds is 7. The molecule has 0 saturated heterocycles. The highest BCUT2D eigenvalue weighted by atomic mass is 16.1. The minimum atomic E-state index is -0.0262. The van der Waals surface area contributed by atoms with Crippen molar-refractivity contribution in [3.63, 3.8) is 0 Å². The van der Waals surface area contributed by atoms with Crippen LogP contribution in [0.2, 0.25) is 0 Å². The molecule has 2 aromatic carbocycles. The monoisotopic (exact) mass is 375 g/mol. The van der Waals surface area contributed by atoms with Crippen LogP contribution in [-0.4, -0.2) is 21.5 Å². The summed E-state index contributed by atoms with van der Waals surface area (Å²) in [6.07, 6.45) is 4.64. The van der Waals surface area contributed by atoms with Crippen LogP contribution in [0.5, 0.6) is 0 Å². The minimum Gasteiger partial charge on any atom is -0.350 e. The van der Waals surface area contributed by atoms with Crippen LogP contribution in [0.3, 0.4) is 0 Å². The lowest BCUT2D eigenvalue weighted by Crippen LogP contribution is -2.37. The summed E-state index contributed by atoms with van der Waals surface area (Å²) in [5, 5.41) is 3.14. The fraction of sp³-hybridized carbons (Fsp3) is 0.333. The summed E-state index contributed by atoms with van der Waals surface area (Å²) in [6, 6.07) is 18.3. The first-order valence-corrected chi connectivity index (χ1v) is 9.78. The summed E-state index contributed by atoms with van der Waals surface area (Å²) in [6.45, 7) is 9.25. The van der Waals surface area contributed by atoms with Crippen LogP contribution in [0.25, 0.3) is 0 Å². The van der Waals surface area contributed by atoms with Crippen molar-refractivity contribution >= 4 is 5.91 Å². The third-order valence-electron chi connectivity index (χ3n) is 5.24. The Morgan fingerprint density at radius 3 is 2.39 bits per heavy atom. The van der Waals surface area contributed by atoms with Gasteiger partial charge in [0.1, 0.15) is 5.82 Å². The van der Waals surface area contributed by atoms with Gasteiger partial charge < -0.3 is 9.88 Å². The summed E-state index contributed by atoms with van der Waals surface area (Å²) in [7, 11) is 0. The fourth-order valence-corrected chi connectivity index (χ4v) is 3.66.